The number of rotatable bonds is 4. The van der Waals surface area contributed by atoms with Crippen LogP contribution < -0.4 is 10.6 Å². The maximum atomic E-state index is 12.8. The van der Waals surface area contributed by atoms with E-state index >= 15 is 0 Å². The van der Waals surface area contributed by atoms with Crippen LogP contribution in [0.5, 0.6) is 0 Å². The minimum Gasteiger partial charge on any atom is -0.321 e. The van der Waals surface area contributed by atoms with Crippen LogP contribution in [0.25, 0.3) is 0 Å². The summed E-state index contributed by atoms with van der Waals surface area (Å²) in [5.74, 6) is -0.0247. The zero-order valence-corrected chi connectivity index (χ0v) is 12.1. The van der Waals surface area contributed by atoms with Crippen LogP contribution in [0.1, 0.15) is 19.8 Å². The van der Waals surface area contributed by atoms with E-state index in [1.165, 1.54) is 0 Å². The predicted molar refractivity (Wildman–Crippen MR) is 78.8 cm³/mol. The fourth-order valence-electron chi connectivity index (χ4n) is 2.77. The third kappa shape index (κ3) is 2.56. The highest BCUT2D eigenvalue weighted by atomic mass is 16.2. The van der Waals surface area contributed by atoms with Crippen molar-refractivity contribution in [2.24, 2.45) is 0 Å². The normalized spacial score (nSPS) is 17.6. The highest BCUT2D eigenvalue weighted by Crippen LogP contribution is 2.28. The van der Waals surface area contributed by atoms with Gasteiger partial charge in [0.05, 0.1) is 11.9 Å². The topological polar surface area (TPSA) is 76.8 Å². The average Bonchev–Trinajstić information content (AvgIpc) is 3.19. The predicted octanol–water partition coefficient (Wildman–Crippen LogP) is 0.817. The summed E-state index contributed by atoms with van der Waals surface area (Å²) in [7, 11) is 0. The Morgan fingerprint density at radius 3 is 2.86 bits per heavy atom. The largest absolute Gasteiger partial charge is 0.321 e. The van der Waals surface area contributed by atoms with Gasteiger partial charge in [-0.05, 0) is 38.9 Å². The summed E-state index contributed by atoms with van der Waals surface area (Å²) in [4.78, 5) is 12.8. The van der Waals surface area contributed by atoms with Crippen LogP contribution in [-0.4, -0.2) is 38.6 Å². The van der Waals surface area contributed by atoms with Gasteiger partial charge in [0.15, 0.2) is 0 Å². The zero-order valence-electron chi connectivity index (χ0n) is 12.1. The summed E-state index contributed by atoms with van der Waals surface area (Å²) in [6, 6.07) is 1.85. The van der Waals surface area contributed by atoms with Gasteiger partial charge in [-0.3, -0.25) is 14.2 Å². The molecule has 0 radical (unpaired) electrons. The number of anilines is 1. The number of amides is 1. The molecular formula is C14H20N6O. The van der Waals surface area contributed by atoms with Crippen LogP contribution in [0.4, 0.5) is 5.69 Å². The van der Waals surface area contributed by atoms with Crippen molar-refractivity contribution in [2.75, 3.05) is 18.4 Å². The standard InChI is InChI=1S/C14H20N6O/c1-2-19-11-12(10-17-19)18-13(21)14(4-7-15-8-5-14)20-9-3-6-16-20/h3,6,9-11,15H,2,4-5,7-8H2,1H3,(H,18,21). The van der Waals surface area contributed by atoms with Gasteiger partial charge < -0.3 is 10.6 Å². The molecule has 1 saturated heterocycles. The van der Waals surface area contributed by atoms with Gasteiger partial charge in [-0.1, -0.05) is 0 Å². The third-order valence-corrected chi connectivity index (χ3v) is 4.01. The lowest BCUT2D eigenvalue weighted by atomic mass is 9.87. The third-order valence-electron chi connectivity index (χ3n) is 4.01. The van der Waals surface area contributed by atoms with E-state index in [0.29, 0.717) is 0 Å². The van der Waals surface area contributed by atoms with E-state index < -0.39 is 5.54 Å². The molecule has 0 spiro atoms. The summed E-state index contributed by atoms with van der Waals surface area (Å²) in [5, 5.41) is 14.8. The molecule has 21 heavy (non-hydrogen) atoms. The van der Waals surface area contributed by atoms with Crippen molar-refractivity contribution in [3.8, 4) is 0 Å². The molecule has 2 aromatic rings. The molecule has 2 aromatic heterocycles. The summed E-state index contributed by atoms with van der Waals surface area (Å²) in [6.07, 6.45) is 8.55. The molecule has 1 fully saturated rings. The summed E-state index contributed by atoms with van der Waals surface area (Å²) in [5.41, 5.74) is 0.107. The second-order valence-corrected chi connectivity index (χ2v) is 5.27. The highest BCUT2D eigenvalue weighted by molar-refractivity contribution is 5.96. The number of carbonyl (C=O) groups excluding carboxylic acids is 1. The molecule has 0 unspecified atom stereocenters. The van der Waals surface area contributed by atoms with E-state index in [4.69, 9.17) is 0 Å². The van der Waals surface area contributed by atoms with Crippen LogP contribution in [0.15, 0.2) is 30.9 Å². The van der Waals surface area contributed by atoms with E-state index in [1.54, 1.807) is 21.8 Å². The highest BCUT2D eigenvalue weighted by Gasteiger charge is 2.42. The molecule has 3 rings (SSSR count). The Morgan fingerprint density at radius 2 is 2.24 bits per heavy atom. The maximum absolute atomic E-state index is 12.8. The SMILES string of the molecule is CCn1cc(NC(=O)C2(n3cccn3)CCNCC2)cn1. The number of nitrogens with one attached hydrogen (secondary N) is 2. The number of hydrogen-bond donors (Lipinski definition) is 2. The van der Waals surface area contributed by atoms with Gasteiger partial charge in [0, 0.05) is 25.1 Å². The van der Waals surface area contributed by atoms with E-state index in [2.05, 4.69) is 20.8 Å². The minimum atomic E-state index is -0.622. The molecule has 0 aromatic carbocycles. The molecule has 0 aliphatic carbocycles. The fourth-order valence-corrected chi connectivity index (χ4v) is 2.77. The molecule has 0 atom stereocenters. The van der Waals surface area contributed by atoms with Crippen LogP contribution >= 0.6 is 0 Å². The number of hydrogen-bond acceptors (Lipinski definition) is 4. The van der Waals surface area contributed by atoms with Gasteiger partial charge in [-0.25, -0.2) is 0 Å². The van der Waals surface area contributed by atoms with Crippen LogP contribution in [0.2, 0.25) is 0 Å². The monoisotopic (exact) mass is 288 g/mol. The molecule has 1 aliphatic rings. The van der Waals surface area contributed by atoms with Gasteiger partial charge in [0.2, 0.25) is 0 Å². The van der Waals surface area contributed by atoms with Gasteiger partial charge in [-0.2, -0.15) is 10.2 Å². The lowest BCUT2D eigenvalue weighted by Gasteiger charge is -2.36. The van der Waals surface area contributed by atoms with E-state index in [1.807, 2.05) is 25.4 Å². The summed E-state index contributed by atoms with van der Waals surface area (Å²) >= 11 is 0. The van der Waals surface area contributed by atoms with Crippen molar-refractivity contribution < 1.29 is 4.79 Å². The first-order valence-electron chi connectivity index (χ1n) is 7.29. The number of aryl methyl sites for hydroxylation is 1. The van der Waals surface area contributed by atoms with Crippen LogP contribution in [0.3, 0.4) is 0 Å². The number of nitrogens with zero attached hydrogens (tertiary/aromatic N) is 4. The van der Waals surface area contributed by atoms with Gasteiger partial charge in [0.1, 0.15) is 5.54 Å². The molecule has 7 heteroatoms. The molecule has 112 valence electrons. The Bertz CT molecular complexity index is 597. The smallest absolute Gasteiger partial charge is 0.252 e. The second kappa shape index (κ2) is 5.69. The minimum absolute atomic E-state index is 0.0247. The molecule has 1 aliphatic heterocycles. The molecule has 3 heterocycles. The van der Waals surface area contributed by atoms with Crippen LogP contribution in [0, 0.1) is 0 Å². The quantitative estimate of drug-likeness (QED) is 0.873. The lowest BCUT2D eigenvalue weighted by molar-refractivity contribution is -0.126. The lowest BCUT2D eigenvalue weighted by Crippen LogP contribution is -2.52. The second-order valence-electron chi connectivity index (χ2n) is 5.27. The van der Waals surface area contributed by atoms with Crippen molar-refractivity contribution in [1.82, 2.24) is 24.9 Å². The summed E-state index contributed by atoms with van der Waals surface area (Å²) < 4.78 is 3.58. The number of carbonyl (C=O) groups is 1. The Morgan fingerprint density at radius 1 is 1.43 bits per heavy atom. The van der Waals surface area contributed by atoms with Crippen molar-refractivity contribution in [3.63, 3.8) is 0 Å². The molecule has 0 saturated carbocycles. The van der Waals surface area contributed by atoms with Crippen LogP contribution in [-0.2, 0) is 16.9 Å². The van der Waals surface area contributed by atoms with E-state index in [0.717, 1.165) is 38.2 Å². The van der Waals surface area contributed by atoms with Gasteiger partial charge in [-0.15, -0.1) is 0 Å². The first kappa shape index (κ1) is 13.8. The van der Waals surface area contributed by atoms with Gasteiger partial charge in [0.25, 0.3) is 5.91 Å². The maximum Gasteiger partial charge on any atom is 0.252 e. The Labute approximate surface area is 123 Å². The Kier molecular flexibility index (Phi) is 3.74. The molecular weight excluding hydrogens is 268 g/mol. The molecule has 2 N–H and O–H groups in total. The summed E-state index contributed by atoms with van der Waals surface area (Å²) in [6.45, 7) is 4.41. The first-order valence-corrected chi connectivity index (χ1v) is 7.29. The average molecular weight is 288 g/mol. The van der Waals surface area contributed by atoms with E-state index in [-0.39, 0.29) is 5.91 Å². The van der Waals surface area contributed by atoms with Crippen molar-refractivity contribution in [1.29, 1.82) is 0 Å². The van der Waals surface area contributed by atoms with Crippen molar-refractivity contribution in [3.05, 3.63) is 30.9 Å². The molecule has 0 bridgehead atoms. The number of aromatic nitrogens is 4. The fraction of sp³-hybridized carbons (Fsp3) is 0.500. The van der Waals surface area contributed by atoms with E-state index in [9.17, 15) is 4.79 Å². The van der Waals surface area contributed by atoms with Gasteiger partial charge >= 0.3 is 0 Å². The molecule has 7 nitrogen and oxygen atoms in total. The first-order chi connectivity index (χ1) is 10.2. The molecule has 1 amide bonds. The van der Waals surface area contributed by atoms with Crippen molar-refractivity contribution in [2.45, 2.75) is 31.8 Å². The Hall–Kier alpha value is -2.15. The number of piperidine rings is 1. The van der Waals surface area contributed by atoms with Crippen molar-refractivity contribution >= 4 is 11.6 Å². The zero-order chi connectivity index (χ0) is 14.7. The Balaban J connectivity index is 1.84.